The van der Waals surface area contributed by atoms with E-state index in [4.69, 9.17) is 4.74 Å². The fraction of sp³-hybridized carbons (Fsp3) is 0.158. The largest absolute Gasteiger partial charge is 0.429 e. The molecule has 0 saturated carbocycles. The molecule has 5 aromatic rings. The van der Waals surface area contributed by atoms with Crippen molar-refractivity contribution in [2.45, 2.75) is 39.7 Å². The molecule has 0 saturated heterocycles. The number of hydrogen-bond donors (Lipinski definition) is 0. The van der Waals surface area contributed by atoms with E-state index >= 15 is 17.6 Å². The van der Waals surface area contributed by atoms with Gasteiger partial charge in [0.1, 0.15) is 29.0 Å². The Morgan fingerprint density at radius 3 is 2.13 bits per heavy atom. The summed E-state index contributed by atoms with van der Waals surface area (Å²) in [6.45, 7) is 5.15. The summed E-state index contributed by atoms with van der Waals surface area (Å²) in [6, 6.07) is 14.0. The van der Waals surface area contributed by atoms with Crippen LogP contribution in [0.5, 0.6) is 5.75 Å². The Balaban J connectivity index is 1.45. The summed E-state index contributed by atoms with van der Waals surface area (Å²) in [5.74, 6) is 4.38. The zero-order valence-corrected chi connectivity index (χ0v) is 24.9. The van der Waals surface area contributed by atoms with Crippen molar-refractivity contribution in [3.05, 3.63) is 135 Å². The lowest BCUT2D eigenvalue weighted by Gasteiger charge is -2.19. The lowest BCUT2D eigenvalue weighted by Crippen LogP contribution is -2.22. The molecule has 0 amide bonds. The minimum atomic E-state index is -3.76. The fourth-order valence-electron chi connectivity index (χ4n) is 5.01. The molecule has 0 aliphatic rings. The van der Waals surface area contributed by atoms with Gasteiger partial charge in [-0.1, -0.05) is 43.2 Å². The molecule has 0 aromatic heterocycles. The van der Waals surface area contributed by atoms with Crippen LogP contribution in [0, 0.1) is 59.7 Å². The van der Waals surface area contributed by atoms with Crippen LogP contribution in [0.1, 0.15) is 53.6 Å². The third-order valence-electron chi connectivity index (χ3n) is 7.30. The normalized spacial score (nSPS) is 11.1. The Labute approximate surface area is 261 Å². The highest BCUT2D eigenvalue weighted by atomic mass is 19.3. The van der Waals surface area contributed by atoms with Crippen molar-refractivity contribution in [2.24, 2.45) is 0 Å². The molecular weight excluding hydrogens is 605 g/mol. The van der Waals surface area contributed by atoms with E-state index in [9.17, 15) is 13.2 Å². The molecular formula is C38H25F7O. The first-order valence-corrected chi connectivity index (χ1v) is 14.2. The molecule has 0 aliphatic heterocycles. The van der Waals surface area contributed by atoms with Crippen LogP contribution in [0.15, 0.2) is 72.8 Å². The molecule has 0 N–H and O–H groups in total. The number of benzene rings is 5. The molecule has 1 nitrogen and oxygen atoms in total. The summed E-state index contributed by atoms with van der Waals surface area (Å²) in [6.07, 6.45) is -2.17. The first-order chi connectivity index (χ1) is 21.9. The van der Waals surface area contributed by atoms with Gasteiger partial charge >= 0.3 is 6.11 Å². The number of aryl methyl sites for hydroxylation is 2. The Kier molecular flexibility index (Phi) is 9.12. The van der Waals surface area contributed by atoms with Crippen LogP contribution in [0.3, 0.4) is 0 Å². The number of halogens is 7. The van der Waals surface area contributed by atoms with Crippen LogP contribution in [0.25, 0.3) is 21.9 Å². The second-order valence-corrected chi connectivity index (χ2v) is 10.6. The SMILES string of the molecule is CC#Cc1cc(C)c(C#Cc2c(F)cc3cc(-c4ccc(OC(F)(F)c5ccc(CCC)cc5)cc4F)cc(F)c3c2F)cc1F. The maximum absolute atomic E-state index is 15.4. The average Bonchev–Trinajstić information content (AvgIpc) is 2.99. The van der Waals surface area contributed by atoms with Crippen LogP contribution >= 0.6 is 0 Å². The quantitative estimate of drug-likeness (QED) is 0.134. The van der Waals surface area contributed by atoms with E-state index in [0.29, 0.717) is 5.56 Å². The second-order valence-electron chi connectivity index (χ2n) is 10.6. The zero-order valence-electron chi connectivity index (χ0n) is 24.9. The van der Waals surface area contributed by atoms with E-state index in [0.717, 1.165) is 54.8 Å². The van der Waals surface area contributed by atoms with Crippen molar-refractivity contribution in [2.75, 3.05) is 0 Å². The van der Waals surface area contributed by atoms with Gasteiger partial charge in [0.05, 0.1) is 22.1 Å². The molecule has 46 heavy (non-hydrogen) atoms. The summed E-state index contributed by atoms with van der Waals surface area (Å²) < 4.78 is 110. The molecule has 0 bridgehead atoms. The topological polar surface area (TPSA) is 9.23 Å². The smallest absolute Gasteiger partial charge is 0.426 e. The van der Waals surface area contributed by atoms with E-state index in [1.54, 1.807) is 26.0 Å². The second kappa shape index (κ2) is 13.0. The van der Waals surface area contributed by atoms with Crippen molar-refractivity contribution in [1.82, 2.24) is 0 Å². The standard InChI is InChI=1S/C38H25F7O/c1-4-6-23-8-11-28(12-9-23)38(44,45)46-29-13-15-30(34(41)21-29)26-17-27-20-33(40)31(37(43)36(27)35(42)19-26)14-10-24-18-32(39)25(7-5-2)16-22(24)3/h8-9,11-13,15-21H,4,6H2,1-3H3. The van der Waals surface area contributed by atoms with E-state index < -0.39 is 57.5 Å². The fourth-order valence-corrected chi connectivity index (χ4v) is 5.01. The van der Waals surface area contributed by atoms with Crippen LogP contribution in [0.4, 0.5) is 30.7 Å². The predicted molar refractivity (Wildman–Crippen MR) is 164 cm³/mol. The van der Waals surface area contributed by atoms with Gasteiger partial charge in [-0.3, -0.25) is 0 Å². The van der Waals surface area contributed by atoms with E-state index in [1.807, 2.05) is 6.92 Å². The number of hydrogen-bond acceptors (Lipinski definition) is 1. The molecule has 5 aromatic carbocycles. The van der Waals surface area contributed by atoms with Crippen LogP contribution in [-0.2, 0) is 12.5 Å². The molecule has 5 rings (SSSR count). The summed E-state index contributed by atoms with van der Waals surface area (Å²) in [5.41, 5.74) is 0.279. The molecule has 0 radical (unpaired) electrons. The molecule has 0 heterocycles. The lowest BCUT2D eigenvalue weighted by atomic mass is 9.98. The molecule has 0 atom stereocenters. The zero-order chi connectivity index (χ0) is 33.2. The summed E-state index contributed by atoms with van der Waals surface area (Å²) in [5, 5.41) is -0.811. The van der Waals surface area contributed by atoms with Gasteiger partial charge in [0.2, 0.25) is 0 Å². The van der Waals surface area contributed by atoms with Crippen LogP contribution in [-0.4, -0.2) is 0 Å². The highest BCUT2D eigenvalue weighted by Gasteiger charge is 2.34. The van der Waals surface area contributed by atoms with Gasteiger partial charge in [-0.25, -0.2) is 22.0 Å². The Hall–Kier alpha value is -5.21. The van der Waals surface area contributed by atoms with Gasteiger partial charge in [0, 0.05) is 17.2 Å². The third kappa shape index (κ3) is 6.57. The number of rotatable bonds is 6. The Morgan fingerprint density at radius 1 is 0.717 bits per heavy atom. The van der Waals surface area contributed by atoms with Gasteiger partial charge in [-0.05, 0) is 96.9 Å². The van der Waals surface area contributed by atoms with E-state index in [2.05, 4.69) is 23.7 Å². The van der Waals surface area contributed by atoms with Crippen LogP contribution < -0.4 is 4.74 Å². The van der Waals surface area contributed by atoms with Crippen molar-refractivity contribution >= 4 is 10.8 Å². The maximum Gasteiger partial charge on any atom is 0.426 e. The molecule has 0 aliphatic carbocycles. The minimum absolute atomic E-state index is 0.0914. The number of alkyl halides is 2. The van der Waals surface area contributed by atoms with Crippen molar-refractivity contribution in [1.29, 1.82) is 0 Å². The van der Waals surface area contributed by atoms with Gasteiger partial charge in [0.25, 0.3) is 0 Å². The number of ether oxygens (including phenoxy) is 1. The molecule has 0 fully saturated rings. The summed E-state index contributed by atoms with van der Waals surface area (Å²) in [7, 11) is 0. The highest BCUT2D eigenvalue weighted by Crippen LogP contribution is 2.36. The monoisotopic (exact) mass is 630 g/mol. The predicted octanol–water partition coefficient (Wildman–Crippen LogP) is 10.4. The van der Waals surface area contributed by atoms with Gasteiger partial charge in [-0.15, -0.1) is 5.92 Å². The van der Waals surface area contributed by atoms with E-state index in [1.165, 1.54) is 24.3 Å². The summed E-state index contributed by atoms with van der Waals surface area (Å²) >= 11 is 0. The van der Waals surface area contributed by atoms with E-state index in [-0.39, 0.29) is 27.6 Å². The number of fused-ring (bicyclic) bond motifs is 1. The van der Waals surface area contributed by atoms with Gasteiger partial charge < -0.3 is 4.74 Å². The molecule has 0 unspecified atom stereocenters. The molecule has 8 heteroatoms. The first kappa shape index (κ1) is 32.2. The third-order valence-corrected chi connectivity index (χ3v) is 7.30. The van der Waals surface area contributed by atoms with Crippen molar-refractivity contribution < 1.29 is 35.5 Å². The average molecular weight is 631 g/mol. The molecule has 232 valence electrons. The van der Waals surface area contributed by atoms with Crippen molar-refractivity contribution in [3.8, 4) is 40.6 Å². The Morgan fingerprint density at radius 2 is 1.46 bits per heavy atom. The van der Waals surface area contributed by atoms with Crippen LogP contribution in [0.2, 0.25) is 0 Å². The molecule has 0 spiro atoms. The minimum Gasteiger partial charge on any atom is -0.429 e. The Bertz CT molecular complexity index is 2090. The highest BCUT2D eigenvalue weighted by molar-refractivity contribution is 5.90. The lowest BCUT2D eigenvalue weighted by molar-refractivity contribution is -0.185. The maximum atomic E-state index is 15.4. The van der Waals surface area contributed by atoms with Gasteiger partial charge in [-0.2, -0.15) is 8.78 Å². The van der Waals surface area contributed by atoms with Crippen molar-refractivity contribution in [3.63, 3.8) is 0 Å². The summed E-state index contributed by atoms with van der Waals surface area (Å²) in [4.78, 5) is 0. The van der Waals surface area contributed by atoms with Gasteiger partial charge in [0.15, 0.2) is 5.82 Å². The first-order valence-electron chi connectivity index (χ1n) is 14.2.